The van der Waals surface area contributed by atoms with Crippen LogP contribution in [0.2, 0.25) is 0 Å². The molecule has 0 spiro atoms. The number of rotatable bonds is 6. The number of hydrogen-bond donors (Lipinski definition) is 0. The smallest absolute Gasteiger partial charge is 0.264 e. The lowest BCUT2D eigenvalue weighted by molar-refractivity contribution is 0.414. The van der Waals surface area contributed by atoms with Gasteiger partial charge in [0, 0.05) is 0 Å². The van der Waals surface area contributed by atoms with Crippen molar-refractivity contribution in [2.45, 2.75) is 25.3 Å². The zero-order valence-electron chi connectivity index (χ0n) is 15.7. The Hall–Kier alpha value is -2.79. The normalized spacial score (nSPS) is 11.2. The summed E-state index contributed by atoms with van der Waals surface area (Å²) in [4.78, 5) is 0.235. The van der Waals surface area contributed by atoms with Crippen molar-refractivity contribution in [1.29, 1.82) is 0 Å². The lowest BCUT2D eigenvalue weighted by atomic mass is 10.1. The third-order valence-corrected chi connectivity index (χ3v) is 6.30. The van der Waals surface area contributed by atoms with Crippen LogP contribution in [0, 0.1) is 13.8 Å². The zero-order chi connectivity index (χ0) is 19.4. The fourth-order valence-electron chi connectivity index (χ4n) is 2.92. The summed E-state index contributed by atoms with van der Waals surface area (Å²) in [5, 5.41) is 0. The molecule has 0 aliphatic rings. The molecule has 0 amide bonds. The van der Waals surface area contributed by atoms with Gasteiger partial charge in [-0.05, 0) is 66.9 Å². The first kappa shape index (κ1) is 19.0. The molecule has 4 nitrogen and oxygen atoms in total. The van der Waals surface area contributed by atoms with E-state index in [0.29, 0.717) is 11.4 Å². The van der Waals surface area contributed by atoms with Crippen molar-refractivity contribution in [1.82, 2.24) is 0 Å². The molecular formula is C22H23NO3S. The van der Waals surface area contributed by atoms with E-state index in [0.717, 1.165) is 16.7 Å². The van der Waals surface area contributed by atoms with Gasteiger partial charge in [0.15, 0.2) is 0 Å². The van der Waals surface area contributed by atoms with Crippen LogP contribution in [0.1, 0.15) is 16.7 Å². The number of benzene rings is 3. The minimum absolute atomic E-state index is 0.235. The molecule has 0 fully saturated rings. The quantitative estimate of drug-likeness (QED) is 0.621. The maximum Gasteiger partial charge on any atom is 0.264 e. The summed E-state index contributed by atoms with van der Waals surface area (Å²) < 4.78 is 33.5. The molecule has 0 aliphatic heterocycles. The second-order valence-corrected chi connectivity index (χ2v) is 8.32. The average Bonchev–Trinajstić information content (AvgIpc) is 2.67. The van der Waals surface area contributed by atoms with Gasteiger partial charge in [-0.3, -0.25) is 4.31 Å². The van der Waals surface area contributed by atoms with Gasteiger partial charge in [0.2, 0.25) is 0 Å². The average molecular weight is 381 g/mol. The van der Waals surface area contributed by atoms with E-state index in [4.69, 9.17) is 4.74 Å². The number of sulfonamides is 1. The molecular weight excluding hydrogens is 358 g/mol. The van der Waals surface area contributed by atoms with Crippen LogP contribution in [0.5, 0.6) is 5.75 Å². The fraction of sp³-hybridized carbons (Fsp3) is 0.182. The standard InChI is InChI=1S/C22H23NO3S/c1-17-7-6-10-20(15-17)23(16-19-9-5-4-8-18(19)2)27(24,25)22-13-11-21(26-3)12-14-22/h4-15H,16H2,1-3H3. The molecule has 3 aromatic carbocycles. The van der Waals surface area contributed by atoms with Gasteiger partial charge >= 0.3 is 0 Å². The molecule has 0 aromatic heterocycles. The van der Waals surface area contributed by atoms with Crippen LogP contribution >= 0.6 is 0 Å². The van der Waals surface area contributed by atoms with Crippen molar-refractivity contribution in [3.8, 4) is 5.75 Å². The molecule has 0 atom stereocenters. The van der Waals surface area contributed by atoms with Crippen molar-refractivity contribution in [2.24, 2.45) is 0 Å². The Morgan fingerprint density at radius 1 is 0.889 bits per heavy atom. The molecule has 27 heavy (non-hydrogen) atoms. The summed E-state index contributed by atoms with van der Waals surface area (Å²) in [6.45, 7) is 4.21. The highest BCUT2D eigenvalue weighted by Gasteiger charge is 2.25. The van der Waals surface area contributed by atoms with Crippen LogP contribution in [0.4, 0.5) is 5.69 Å². The van der Waals surface area contributed by atoms with E-state index in [1.54, 1.807) is 31.4 Å². The lowest BCUT2D eigenvalue weighted by Gasteiger charge is -2.26. The largest absolute Gasteiger partial charge is 0.497 e. The Morgan fingerprint density at radius 3 is 2.22 bits per heavy atom. The van der Waals surface area contributed by atoms with Gasteiger partial charge in [-0.2, -0.15) is 0 Å². The molecule has 0 heterocycles. The zero-order valence-corrected chi connectivity index (χ0v) is 16.5. The monoisotopic (exact) mass is 381 g/mol. The third kappa shape index (κ3) is 4.14. The highest BCUT2D eigenvalue weighted by atomic mass is 32.2. The van der Waals surface area contributed by atoms with Gasteiger partial charge in [0.05, 0.1) is 24.2 Å². The van der Waals surface area contributed by atoms with Crippen LogP contribution in [-0.4, -0.2) is 15.5 Å². The third-order valence-electron chi connectivity index (χ3n) is 4.51. The minimum Gasteiger partial charge on any atom is -0.497 e. The predicted molar refractivity (Wildman–Crippen MR) is 109 cm³/mol. The highest BCUT2D eigenvalue weighted by Crippen LogP contribution is 2.28. The van der Waals surface area contributed by atoms with Gasteiger partial charge in [-0.1, -0.05) is 36.4 Å². The molecule has 0 saturated heterocycles. The maximum absolute atomic E-state index is 13.4. The van der Waals surface area contributed by atoms with E-state index in [-0.39, 0.29) is 11.4 Å². The molecule has 0 saturated carbocycles. The van der Waals surface area contributed by atoms with Crippen LogP contribution in [0.15, 0.2) is 77.7 Å². The SMILES string of the molecule is COc1ccc(S(=O)(=O)N(Cc2ccccc2C)c2cccc(C)c2)cc1. The van der Waals surface area contributed by atoms with Crippen molar-refractivity contribution >= 4 is 15.7 Å². The van der Waals surface area contributed by atoms with Crippen LogP contribution < -0.4 is 9.04 Å². The summed E-state index contributed by atoms with van der Waals surface area (Å²) in [5.74, 6) is 0.620. The summed E-state index contributed by atoms with van der Waals surface area (Å²) in [7, 11) is -2.18. The van der Waals surface area contributed by atoms with Crippen LogP contribution in [-0.2, 0) is 16.6 Å². The second kappa shape index (κ2) is 7.84. The Labute approximate surface area is 161 Å². The van der Waals surface area contributed by atoms with Gasteiger partial charge < -0.3 is 4.74 Å². The van der Waals surface area contributed by atoms with E-state index in [1.165, 1.54) is 4.31 Å². The van der Waals surface area contributed by atoms with Crippen molar-refractivity contribution < 1.29 is 13.2 Å². The molecule has 0 radical (unpaired) electrons. The van der Waals surface area contributed by atoms with Crippen LogP contribution in [0.25, 0.3) is 0 Å². The van der Waals surface area contributed by atoms with Gasteiger partial charge in [0.1, 0.15) is 5.75 Å². The van der Waals surface area contributed by atoms with E-state index in [9.17, 15) is 8.42 Å². The van der Waals surface area contributed by atoms with Gasteiger partial charge in [-0.15, -0.1) is 0 Å². The van der Waals surface area contributed by atoms with Crippen molar-refractivity contribution in [2.75, 3.05) is 11.4 Å². The maximum atomic E-state index is 13.4. The molecule has 0 N–H and O–H groups in total. The molecule has 3 aromatic rings. The highest BCUT2D eigenvalue weighted by molar-refractivity contribution is 7.92. The van der Waals surface area contributed by atoms with E-state index < -0.39 is 10.0 Å². The molecule has 0 unspecified atom stereocenters. The van der Waals surface area contributed by atoms with Crippen LogP contribution in [0.3, 0.4) is 0 Å². The van der Waals surface area contributed by atoms with Crippen molar-refractivity contribution in [3.05, 3.63) is 89.5 Å². The summed E-state index contributed by atoms with van der Waals surface area (Å²) >= 11 is 0. The number of nitrogens with zero attached hydrogens (tertiary/aromatic N) is 1. The number of hydrogen-bond acceptors (Lipinski definition) is 3. The Kier molecular flexibility index (Phi) is 5.51. The lowest BCUT2D eigenvalue weighted by Crippen LogP contribution is -2.31. The first-order valence-electron chi connectivity index (χ1n) is 8.70. The predicted octanol–water partition coefficient (Wildman–Crippen LogP) is 4.71. The second-order valence-electron chi connectivity index (χ2n) is 6.45. The van der Waals surface area contributed by atoms with Gasteiger partial charge in [0.25, 0.3) is 10.0 Å². The molecule has 0 aliphatic carbocycles. The topological polar surface area (TPSA) is 46.6 Å². The first-order valence-corrected chi connectivity index (χ1v) is 10.1. The summed E-state index contributed by atoms with van der Waals surface area (Å²) in [6, 6.07) is 21.9. The fourth-order valence-corrected chi connectivity index (χ4v) is 4.35. The van der Waals surface area contributed by atoms with E-state index >= 15 is 0 Å². The van der Waals surface area contributed by atoms with E-state index in [2.05, 4.69) is 0 Å². The first-order chi connectivity index (χ1) is 12.9. The minimum atomic E-state index is -3.73. The number of methoxy groups -OCH3 is 1. The van der Waals surface area contributed by atoms with E-state index in [1.807, 2.05) is 62.4 Å². The Morgan fingerprint density at radius 2 is 1.59 bits per heavy atom. The van der Waals surface area contributed by atoms with Gasteiger partial charge in [-0.25, -0.2) is 8.42 Å². The number of ether oxygens (including phenoxy) is 1. The Bertz CT molecular complexity index is 1030. The summed E-state index contributed by atoms with van der Waals surface area (Å²) in [5.41, 5.74) is 3.68. The molecule has 3 rings (SSSR count). The summed E-state index contributed by atoms with van der Waals surface area (Å²) in [6.07, 6.45) is 0. The molecule has 5 heteroatoms. The molecule has 0 bridgehead atoms. The number of anilines is 1. The Balaban J connectivity index is 2.09. The number of aryl methyl sites for hydroxylation is 2. The van der Waals surface area contributed by atoms with Crippen molar-refractivity contribution in [3.63, 3.8) is 0 Å². The molecule has 140 valence electrons.